The van der Waals surface area contributed by atoms with E-state index in [1.54, 1.807) is 19.1 Å². The molecule has 2 N–H and O–H groups in total. The number of hydrogen-bond donors (Lipinski definition) is 2. The Balaban J connectivity index is 1.90. The van der Waals surface area contributed by atoms with Gasteiger partial charge in [0.15, 0.2) is 11.6 Å². The summed E-state index contributed by atoms with van der Waals surface area (Å²) in [5.41, 5.74) is 0.673. The Morgan fingerprint density at radius 1 is 1.50 bits per heavy atom. The van der Waals surface area contributed by atoms with Gasteiger partial charge >= 0.3 is 0 Å². The molecule has 0 bridgehead atoms. The second kappa shape index (κ2) is 6.70. The van der Waals surface area contributed by atoms with Crippen LogP contribution in [0.1, 0.15) is 31.7 Å². The van der Waals surface area contributed by atoms with Crippen LogP contribution in [0.25, 0.3) is 0 Å². The lowest BCUT2D eigenvalue weighted by Gasteiger charge is -2.14. The highest BCUT2D eigenvalue weighted by Crippen LogP contribution is 2.25. The van der Waals surface area contributed by atoms with Gasteiger partial charge in [-0.2, -0.15) is 0 Å². The van der Waals surface area contributed by atoms with Gasteiger partial charge in [0, 0.05) is 6.54 Å². The van der Waals surface area contributed by atoms with Gasteiger partial charge in [0.05, 0.1) is 18.6 Å². The van der Waals surface area contributed by atoms with Crippen LogP contribution >= 0.6 is 0 Å². The molecule has 0 spiro atoms. The van der Waals surface area contributed by atoms with E-state index in [0.29, 0.717) is 25.0 Å². The van der Waals surface area contributed by atoms with Gasteiger partial charge in [-0.25, -0.2) is 4.39 Å². The average molecular weight is 281 g/mol. The van der Waals surface area contributed by atoms with Gasteiger partial charge in [-0.05, 0) is 43.9 Å². The number of halogens is 1. The molecule has 1 saturated carbocycles. The van der Waals surface area contributed by atoms with E-state index >= 15 is 0 Å². The van der Waals surface area contributed by atoms with E-state index in [1.807, 2.05) is 0 Å². The lowest BCUT2D eigenvalue weighted by molar-refractivity contribution is -0.127. The number of aliphatic hydroxyl groups excluding tert-OH is 1. The van der Waals surface area contributed by atoms with Crippen LogP contribution in [0.4, 0.5) is 4.39 Å². The summed E-state index contributed by atoms with van der Waals surface area (Å²) in [5, 5.41) is 12.4. The number of carbonyl (C=O) groups excluding carboxylic acids is 1. The van der Waals surface area contributed by atoms with E-state index in [1.165, 1.54) is 6.07 Å². The summed E-state index contributed by atoms with van der Waals surface area (Å²) >= 11 is 0. The van der Waals surface area contributed by atoms with Gasteiger partial charge in [-0.3, -0.25) is 4.79 Å². The average Bonchev–Trinajstić information content (AvgIpc) is 2.85. The van der Waals surface area contributed by atoms with Crippen LogP contribution in [0.3, 0.4) is 0 Å². The van der Waals surface area contributed by atoms with Gasteiger partial charge < -0.3 is 15.2 Å². The summed E-state index contributed by atoms with van der Waals surface area (Å²) < 4.78 is 18.8. The van der Waals surface area contributed by atoms with Crippen LogP contribution in [0.5, 0.6) is 5.75 Å². The van der Waals surface area contributed by atoms with Crippen molar-refractivity contribution in [3.63, 3.8) is 0 Å². The molecule has 4 nitrogen and oxygen atoms in total. The van der Waals surface area contributed by atoms with Gasteiger partial charge in [0.25, 0.3) is 0 Å². The van der Waals surface area contributed by atoms with Crippen LogP contribution in [0, 0.1) is 11.7 Å². The van der Waals surface area contributed by atoms with Crippen molar-refractivity contribution in [2.75, 3.05) is 6.61 Å². The normalized spacial score (nSPS) is 21.8. The largest absolute Gasteiger partial charge is 0.491 e. The minimum atomic E-state index is -0.549. The Morgan fingerprint density at radius 2 is 2.30 bits per heavy atom. The first-order valence-electron chi connectivity index (χ1n) is 6.98. The minimum Gasteiger partial charge on any atom is -0.491 e. The van der Waals surface area contributed by atoms with Crippen molar-refractivity contribution >= 4 is 5.91 Å². The fourth-order valence-corrected chi connectivity index (χ4v) is 2.49. The fourth-order valence-electron chi connectivity index (χ4n) is 2.49. The zero-order valence-corrected chi connectivity index (χ0v) is 11.6. The number of nitrogens with one attached hydrogen (secondary N) is 1. The lowest BCUT2D eigenvalue weighted by Crippen LogP contribution is -2.34. The topological polar surface area (TPSA) is 58.6 Å². The number of hydrogen-bond acceptors (Lipinski definition) is 3. The van der Waals surface area contributed by atoms with Gasteiger partial charge in [-0.15, -0.1) is 0 Å². The quantitative estimate of drug-likeness (QED) is 0.868. The van der Waals surface area contributed by atoms with Crippen molar-refractivity contribution in [1.82, 2.24) is 5.32 Å². The number of benzene rings is 1. The Labute approximate surface area is 117 Å². The summed E-state index contributed by atoms with van der Waals surface area (Å²) in [4.78, 5) is 11.9. The number of ether oxygens (including phenoxy) is 1. The summed E-state index contributed by atoms with van der Waals surface area (Å²) in [6.07, 6.45) is 1.71. The van der Waals surface area contributed by atoms with Crippen LogP contribution in [0.15, 0.2) is 18.2 Å². The zero-order chi connectivity index (χ0) is 14.5. The molecule has 1 aromatic rings. The van der Waals surface area contributed by atoms with Crippen molar-refractivity contribution in [2.24, 2.45) is 5.92 Å². The summed E-state index contributed by atoms with van der Waals surface area (Å²) in [7, 11) is 0. The van der Waals surface area contributed by atoms with Crippen molar-refractivity contribution < 1.29 is 19.0 Å². The Bertz CT molecular complexity index is 478. The van der Waals surface area contributed by atoms with E-state index in [-0.39, 0.29) is 24.1 Å². The first-order chi connectivity index (χ1) is 9.61. The highest BCUT2D eigenvalue weighted by Gasteiger charge is 2.31. The maximum absolute atomic E-state index is 13.6. The first kappa shape index (κ1) is 14.8. The number of amides is 1. The van der Waals surface area contributed by atoms with Gasteiger partial charge in [0.2, 0.25) is 5.91 Å². The molecule has 0 aliphatic heterocycles. The third-order valence-electron chi connectivity index (χ3n) is 3.58. The predicted molar refractivity (Wildman–Crippen MR) is 72.8 cm³/mol. The molecule has 0 heterocycles. The summed E-state index contributed by atoms with van der Waals surface area (Å²) in [5.74, 6) is -0.708. The number of rotatable bonds is 5. The molecule has 0 radical (unpaired) electrons. The monoisotopic (exact) mass is 281 g/mol. The SMILES string of the molecule is CCOc1ccc(CNC(=O)C2CCCC2O)cc1F. The fraction of sp³-hybridized carbons (Fsp3) is 0.533. The second-order valence-electron chi connectivity index (χ2n) is 5.02. The molecule has 2 unspecified atom stereocenters. The van der Waals surface area contributed by atoms with Crippen molar-refractivity contribution in [1.29, 1.82) is 0 Å². The smallest absolute Gasteiger partial charge is 0.225 e. The van der Waals surface area contributed by atoms with Crippen molar-refractivity contribution in [3.8, 4) is 5.75 Å². The van der Waals surface area contributed by atoms with Gasteiger partial charge in [-0.1, -0.05) is 6.07 Å². The maximum atomic E-state index is 13.6. The van der Waals surface area contributed by atoms with Crippen LogP contribution in [0.2, 0.25) is 0 Å². The molecule has 1 amide bonds. The van der Waals surface area contributed by atoms with E-state index in [4.69, 9.17) is 4.74 Å². The molecule has 1 aromatic carbocycles. The third-order valence-corrected chi connectivity index (χ3v) is 3.58. The highest BCUT2D eigenvalue weighted by atomic mass is 19.1. The molecule has 1 aliphatic rings. The molecule has 20 heavy (non-hydrogen) atoms. The Kier molecular flexibility index (Phi) is 4.95. The number of carbonyl (C=O) groups is 1. The van der Waals surface area contributed by atoms with Crippen LogP contribution in [-0.2, 0) is 11.3 Å². The lowest BCUT2D eigenvalue weighted by atomic mass is 10.1. The Morgan fingerprint density at radius 3 is 2.90 bits per heavy atom. The molecule has 1 fully saturated rings. The second-order valence-corrected chi connectivity index (χ2v) is 5.02. The zero-order valence-electron chi connectivity index (χ0n) is 11.6. The molecule has 5 heteroatoms. The third kappa shape index (κ3) is 3.48. The molecule has 2 atom stereocenters. The molecular weight excluding hydrogens is 261 g/mol. The number of aliphatic hydroxyl groups is 1. The molecule has 0 saturated heterocycles. The molecular formula is C15H20FNO3. The molecule has 0 aromatic heterocycles. The van der Waals surface area contributed by atoms with E-state index in [9.17, 15) is 14.3 Å². The summed E-state index contributed by atoms with van der Waals surface area (Å²) in [6.45, 7) is 2.46. The van der Waals surface area contributed by atoms with E-state index < -0.39 is 11.9 Å². The van der Waals surface area contributed by atoms with Crippen LogP contribution in [-0.4, -0.2) is 23.7 Å². The van der Waals surface area contributed by atoms with E-state index in [2.05, 4.69) is 5.32 Å². The van der Waals surface area contributed by atoms with Gasteiger partial charge in [0.1, 0.15) is 0 Å². The molecule has 110 valence electrons. The van der Waals surface area contributed by atoms with E-state index in [0.717, 1.165) is 6.42 Å². The first-order valence-corrected chi connectivity index (χ1v) is 6.98. The standard InChI is InChI=1S/C15H20FNO3/c1-2-20-14-7-6-10(8-12(14)16)9-17-15(19)11-4-3-5-13(11)18/h6-8,11,13,18H,2-5,9H2,1H3,(H,17,19). The van der Waals surface area contributed by atoms with Crippen molar-refractivity contribution in [2.45, 2.75) is 38.8 Å². The van der Waals surface area contributed by atoms with Crippen molar-refractivity contribution in [3.05, 3.63) is 29.6 Å². The minimum absolute atomic E-state index is 0.163. The molecule has 1 aliphatic carbocycles. The van der Waals surface area contributed by atoms with Crippen LogP contribution < -0.4 is 10.1 Å². The predicted octanol–water partition coefficient (Wildman–Crippen LogP) is 2.00. The Hall–Kier alpha value is -1.62. The maximum Gasteiger partial charge on any atom is 0.225 e. The highest BCUT2D eigenvalue weighted by molar-refractivity contribution is 5.79. The summed E-state index contributed by atoms with van der Waals surface area (Å²) in [6, 6.07) is 4.64. The molecule has 2 rings (SSSR count).